The molecule has 0 atom stereocenters. The van der Waals surface area contributed by atoms with Crippen molar-refractivity contribution in [2.75, 3.05) is 0 Å². The van der Waals surface area contributed by atoms with Gasteiger partial charge in [-0.3, -0.25) is 4.98 Å². The maximum atomic E-state index is 13.4. The van der Waals surface area contributed by atoms with Gasteiger partial charge in [0, 0.05) is 24.2 Å². The van der Waals surface area contributed by atoms with Gasteiger partial charge in [-0.25, -0.2) is 8.78 Å². The van der Waals surface area contributed by atoms with Gasteiger partial charge in [-0.05, 0) is 6.07 Å². The molecule has 0 aromatic carbocycles. The van der Waals surface area contributed by atoms with E-state index in [1.54, 1.807) is 6.07 Å². The number of halogens is 2. The maximum Gasteiger partial charge on any atom is 0.276 e. The predicted octanol–water partition coefficient (Wildman–Crippen LogP) is 4.36. The second kappa shape index (κ2) is 5.05. The van der Waals surface area contributed by atoms with Crippen molar-refractivity contribution in [1.29, 1.82) is 0 Å². The normalized spacial score (nSPS) is 11.1. The summed E-state index contributed by atoms with van der Waals surface area (Å²) >= 11 is 0. The Kier molecular flexibility index (Phi) is 3.99. The van der Waals surface area contributed by atoms with Gasteiger partial charge < -0.3 is 4.42 Å². The highest BCUT2D eigenvalue weighted by molar-refractivity contribution is 5.80. The topological polar surface area (TPSA) is 26.0 Å². The third kappa shape index (κ3) is 2.21. The van der Waals surface area contributed by atoms with E-state index in [2.05, 4.69) is 4.98 Å². The van der Waals surface area contributed by atoms with Gasteiger partial charge in [0.15, 0.2) is 0 Å². The van der Waals surface area contributed by atoms with Crippen LogP contribution in [-0.4, -0.2) is 4.98 Å². The zero-order valence-corrected chi connectivity index (χ0v) is 9.63. The van der Waals surface area contributed by atoms with Crippen LogP contribution in [0.15, 0.2) is 29.1 Å². The van der Waals surface area contributed by atoms with Crippen molar-refractivity contribution in [2.45, 2.75) is 33.1 Å². The van der Waals surface area contributed by atoms with E-state index in [9.17, 15) is 8.78 Å². The molecule has 0 aliphatic carbocycles. The molecule has 0 fully saturated rings. The Morgan fingerprint density at radius 2 is 2.06 bits per heavy atom. The minimum absolute atomic E-state index is 0.0805. The molecule has 0 N–H and O–H groups in total. The molecule has 0 saturated carbocycles. The average Bonchev–Trinajstić information content (AvgIpc) is 2.76. The van der Waals surface area contributed by atoms with Crippen LogP contribution in [0.1, 0.15) is 32.8 Å². The highest BCUT2D eigenvalue weighted by Crippen LogP contribution is 2.36. The molecule has 2 aromatic rings. The molecule has 0 unspecified atom stereocenters. The SMILES string of the molecule is CC.CCC(F)(F)c1coc2ccncc12. The largest absolute Gasteiger partial charge is 0.464 e. The molecular weight excluding hydrogens is 212 g/mol. The summed E-state index contributed by atoms with van der Waals surface area (Å²) < 4.78 is 31.7. The number of hydrogen-bond acceptors (Lipinski definition) is 2. The first-order valence-electron chi connectivity index (χ1n) is 5.34. The van der Waals surface area contributed by atoms with Crippen molar-refractivity contribution in [3.8, 4) is 0 Å². The minimum Gasteiger partial charge on any atom is -0.464 e. The van der Waals surface area contributed by atoms with Gasteiger partial charge in [0.1, 0.15) is 11.8 Å². The Labute approximate surface area is 93.3 Å². The molecular formula is C12H15F2NO. The molecule has 88 valence electrons. The molecule has 0 radical (unpaired) electrons. The molecule has 0 spiro atoms. The fourth-order valence-corrected chi connectivity index (χ4v) is 1.35. The van der Waals surface area contributed by atoms with E-state index in [4.69, 9.17) is 4.42 Å². The van der Waals surface area contributed by atoms with Gasteiger partial charge in [0.2, 0.25) is 0 Å². The second-order valence-electron chi connectivity index (χ2n) is 3.08. The number of furan rings is 1. The van der Waals surface area contributed by atoms with Crippen molar-refractivity contribution in [3.63, 3.8) is 0 Å². The smallest absolute Gasteiger partial charge is 0.276 e. The fourth-order valence-electron chi connectivity index (χ4n) is 1.35. The van der Waals surface area contributed by atoms with Gasteiger partial charge in [0.25, 0.3) is 5.92 Å². The van der Waals surface area contributed by atoms with E-state index in [0.717, 1.165) is 6.26 Å². The summed E-state index contributed by atoms with van der Waals surface area (Å²) in [7, 11) is 0. The van der Waals surface area contributed by atoms with E-state index >= 15 is 0 Å². The standard InChI is InChI=1S/C10H9F2NO.C2H6/c1-2-10(11,12)8-6-14-9-3-4-13-5-7(8)9;1-2/h3-6H,2H2,1H3;1-2H3. The summed E-state index contributed by atoms with van der Waals surface area (Å²) in [4.78, 5) is 3.80. The third-order valence-electron chi connectivity index (χ3n) is 2.21. The summed E-state index contributed by atoms with van der Waals surface area (Å²) in [5, 5.41) is 0.388. The van der Waals surface area contributed by atoms with Crippen LogP contribution in [0.25, 0.3) is 11.0 Å². The van der Waals surface area contributed by atoms with Crippen LogP contribution in [0.2, 0.25) is 0 Å². The molecule has 2 aromatic heterocycles. The Balaban J connectivity index is 0.000000606. The summed E-state index contributed by atoms with van der Waals surface area (Å²) in [5.41, 5.74) is 0.367. The third-order valence-corrected chi connectivity index (χ3v) is 2.21. The number of pyridine rings is 1. The summed E-state index contributed by atoms with van der Waals surface area (Å²) in [6.07, 6.45) is 3.78. The van der Waals surface area contributed by atoms with Gasteiger partial charge >= 0.3 is 0 Å². The highest BCUT2D eigenvalue weighted by atomic mass is 19.3. The van der Waals surface area contributed by atoms with E-state index in [0.29, 0.717) is 11.0 Å². The first-order valence-corrected chi connectivity index (χ1v) is 5.34. The number of aromatic nitrogens is 1. The Bertz CT molecular complexity index is 451. The summed E-state index contributed by atoms with van der Waals surface area (Å²) in [5.74, 6) is -2.84. The van der Waals surface area contributed by atoms with Crippen molar-refractivity contribution in [2.24, 2.45) is 0 Å². The lowest BCUT2D eigenvalue weighted by Gasteiger charge is -2.11. The maximum absolute atomic E-state index is 13.4. The number of rotatable bonds is 2. The zero-order valence-electron chi connectivity index (χ0n) is 9.63. The molecule has 4 heteroatoms. The Morgan fingerprint density at radius 3 is 2.69 bits per heavy atom. The van der Waals surface area contributed by atoms with Crippen LogP contribution in [0.4, 0.5) is 8.78 Å². The Hall–Kier alpha value is -1.45. The molecule has 2 rings (SSSR count). The van der Waals surface area contributed by atoms with Crippen LogP contribution >= 0.6 is 0 Å². The van der Waals surface area contributed by atoms with Gasteiger partial charge in [-0.1, -0.05) is 20.8 Å². The van der Waals surface area contributed by atoms with Crippen LogP contribution in [0, 0.1) is 0 Å². The van der Waals surface area contributed by atoms with Crippen LogP contribution < -0.4 is 0 Å². The molecule has 2 nitrogen and oxygen atoms in total. The molecule has 0 bridgehead atoms. The van der Waals surface area contributed by atoms with E-state index < -0.39 is 5.92 Å². The predicted molar refractivity (Wildman–Crippen MR) is 59.5 cm³/mol. The lowest BCUT2D eigenvalue weighted by Crippen LogP contribution is -2.10. The van der Waals surface area contributed by atoms with Crippen LogP contribution in [0.3, 0.4) is 0 Å². The monoisotopic (exact) mass is 227 g/mol. The van der Waals surface area contributed by atoms with E-state index in [1.165, 1.54) is 19.3 Å². The number of fused-ring (bicyclic) bond motifs is 1. The highest BCUT2D eigenvalue weighted by Gasteiger charge is 2.32. The zero-order chi connectivity index (χ0) is 12.2. The van der Waals surface area contributed by atoms with Crippen LogP contribution in [-0.2, 0) is 5.92 Å². The Morgan fingerprint density at radius 1 is 1.38 bits per heavy atom. The number of nitrogens with zero attached hydrogens (tertiary/aromatic N) is 1. The lowest BCUT2D eigenvalue weighted by molar-refractivity contribution is -0.00749. The van der Waals surface area contributed by atoms with Gasteiger partial charge in [-0.2, -0.15) is 0 Å². The number of hydrogen-bond donors (Lipinski definition) is 0. The quantitative estimate of drug-likeness (QED) is 0.762. The van der Waals surface area contributed by atoms with Gasteiger partial charge in [-0.15, -0.1) is 0 Å². The molecule has 2 heterocycles. The molecule has 0 amide bonds. The second-order valence-corrected chi connectivity index (χ2v) is 3.08. The lowest BCUT2D eigenvalue weighted by atomic mass is 10.1. The van der Waals surface area contributed by atoms with Crippen molar-refractivity contribution in [1.82, 2.24) is 4.98 Å². The molecule has 0 aliphatic rings. The summed E-state index contributed by atoms with van der Waals surface area (Å²) in [6.45, 7) is 5.44. The first-order chi connectivity index (χ1) is 7.65. The van der Waals surface area contributed by atoms with Gasteiger partial charge in [0.05, 0.1) is 5.56 Å². The van der Waals surface area contributed by atoms with E-state index in [-0.39, 0.29) is 12.0 Å². The van der Waals surface area contributed by atoms with Crippen molar-refractivity contribution in [3.05, 3.63) is 30.3 Å². The molecule has 16 heavy (non-hydrogen) atoms. The van der Waals surface area contributed by atoms with Crippen molar-refractivity contribution >= 4 is 11.0 Å². The average molecular weight is 227 g/mol. The van der Waals surface area contributed by atoms with E-state index in [1.807, 2.05) is 13.8 Å². The first kappa shape index (κ1) is 12.6. The van der Waals surface area contributed by atoms with Crippen molar-refractivity contribution < 1.29 is 13.2 Å². The summed E-state index contributed by atoms with van der Waals surface area (Å²) in [6, 6.07) is 1.57. The fraction of sp³-hybridized carbons (Fsp3) is 0.417. The minimum atomic E-state index is -2.84. The molecule has 0 saturated heterocycles. The number of alkyl halides is 2. The molecule has 0 aliphatic heterocycles. The van der Waals surface area contributed by atoms with Crippen LogP contribution in [0.5, 0.6) is 0 Å².